The van der Waals surface area contributed by atoms with Gasteiger partial charge in [-0.25, -0.2) is 9.97 Å². The quantitative estimate of drug-likeness (QED) is 0.812. The van der Waals surface area contributed by atoms with Crippen molar-refractivity contribution in [3.63, 3.8) is 0 Å². The van der Waals surface area contributed by atoms with Crippen LogP contribution in [0, 0.1) is 0 Å². The number of hydrogen-bond acceptors (Lipinski definition) is 3. The fourth-order valence-corrected chi connectivity index (χ4v) is 1.23. The third kappa shape index (κ3) is 1.81. The van der Waals surface area contributed by atoms with E-state index in [0.29, 0.717) is 15.6 Å². The van der Waals surface area contributed by atoms with E-state index < -0.39 is 0 Å². The standard InChI is InChI=1S/C6H7BrClN3/c1-2-3-5(8)11-6(9)4(7)10-3/h2H2,1H3,(H2,9,11). The summed E-state index contributed by atoms with van der Waals surface area (Å²) in [6, 6.07) is 0. The molecule has 0 saturated heterocycles. The highest BCUT2D eigenvalue weighted by Gasteiger charge is 2.05. The van der Waals surface area contributed by atoms with Crippen molar-refractivity contribution in [3.05, 3.63) is 15.5 Å². The first kappa shape index (κ1) is 8.74. The van der Waals surface area contributed by atoms with Gasteiger partial charge in [0.15, 0.2) is 11.0 Å². The maximum atomic E-state index is 5.73. The van der Waals surface area contributed by atoms with Crippen molar-refractivity contribution in [2.24, 2.45) is 0 Å². The monoisotopic (exact) mass is 235 g/mol. The summed E-state index contributed by atoms with van der Waals surface area (Å²) in [5, 5.41) is 0.383. The Bertz CT molecular complexity index is 277. The van der Waals surface area contributed by atoms with Gasteiger partial charge in [0.25, 0.3) is 0 Å². The summed E-state index contributed by atoms with van der Waals surface area (Å²) in [7, 11) is 0. The van der Waals surface area contributed by atoms with Gasteiger partial charge in [-0.15, -0.1) is 0 Å². The van der Waals surface area contributed by atoms with Crippen molar-refractivity contribution in [1.29, 1.82) is 0 Å². The lowest BCUT2D eigenvalue weighted by molar-refractivity contribution is 0.990. The third-order valence-corrected chi connectivity index (χ3v) is 2.12. The number of nitrogens with zero attached hydrogens (tertiary/aromatic N) is 2. The molecule has 0 radical (unpaired) electrons. The van der Waals surface area contributed by atoms with Crippen LogP contribution in [0.1, 0.15) is 12.6 Å². The molecule has 3 nitrogen and oxygen atoms in total. The van der Waals surface area contributed by atoms with Crippen LogP contribution in [0.15, 0.2) is 4.60 Å². The molecule has 0 aromatic carbocycles. The van der Waals surface area contributed by atoms with Crippen LogP contribution in [0.4, 0.5) is 5.82 Å². The Kier molecular flexibility index (Phi) is 2.67. The summed E-state index contributed by atoms with van der Waals surface area (Å²) in [4.78, 5) is 7.97. The Morgan fingerprint density at radius 3 is 2.73 bits per heavy atom. The molecule has 0 atom stereocenters. The number of nitrogen functional groups attached to an aromatic ring is 1. The van der Waals surface area contributed by atoms with Crippen LogP contribution >= 0.6 is 27.5 Å². The van der Waals surface area contributed by atoms with Gasteiger partial charge < -0.3 is 5.73 Å². The Morgan fingerprint density at radius 2 is 2.18 bits per heavy atom. The van der Waals surface area contributed by atoms with E-state index in [2.05, 4.69) is 25.9 Å². The molecular formula is C6H7BrClN3. The van der Waals surface area contributed by atoms with Gasteiger partial charge in [0.1, 0.15) is 4.60 Å². The lowest BCUT2D eigenvalue weighted by atomic mass is 10.3. The molecule has 0 unspecified atom stereocenters. The molecule has 2 N–H and O–H groups in total. The molecule has 0 aliphatic carbocycles. The molecule has 11 heavy (non-hydrogen) atoms. The second kappa shape index (κ2) is 3.36. The minimum atomic E-state index is 0.326. The second-order valence-electron chi connectivity index (χ2n) is 1.99. The molecule has 0 aliphatic rings. The topological polar surface area (TPSA) is 51.8 Å². The summed E-state index contributed by atoms with van der Waals surface area (Å²) < 4.78 is 0.554. The van der Waals surface area contributed by atoms with Gasteiger partial charge in [0.05, 0.1) is 5.69 Å². The summed E-state index contributed by atoms with van der Waals surface area (Å²) in [6.07, 6.45) is 0.755. The summed E-state index contributed by atoms with van der Waals surface area (Å²) in [5.41, 5.74) is 6.20. The second-order valence-corrected chi connectivity index (χ2v) is 3.10. The average molecular weight is 236 g/mol. The lowest BCUT2D eigenvalue weighted by Gasteiger charge is -2.01. The van der Waals surface area contributed by atoms with Gasteiger partial charge in [0.2, 0.25) is 0 Å². The first-order valence-electron chi connectivity index (χ1n) is 3.12. The molecule has 0 saturated carbocycles. The highest BCUT2D eigenvalue weighted by Crippen LogP contribution is 2.19. The molecule has 0 aliphatic heterocycles. The zero-order chi connectivity index (χ0) is 8.43. The van der Waals surface area contributed by atoms with Crippen molar-refractivity contribution in [3.8, 4) is 0 Å². The molecule has 1 aromatic heterocycles. The van der Waals surface area contributed by atoms with Gasteiger partial charge in [-0.2, -0.15) is 0 Å². The summed E-state index contributed by atoms with van der Waals surface area (Å²) in [5.74, 6) is 0.326. The van der Waals surface area contributed by atoms with Crippen molar-refractivity contribution in [2.75, 3.05) is 5.73 Å². The molecule has 0 fully saturated rings. The average Bonchev–Trinajstić information content (AvgIpc) is 1.97. The van der Waals surface area contributed by atoms with Crippen molar-refractivity contribution in [1.82, 2.24) is 9.97 Å². The molecular weight excluding hydrogens is 229 g/mol. The predicted octanol–water partition coefficient (Wildman–Crippen LogP) is 2.04. The highest BCUT2D eigenvalue weighted by atomic mass is 79.9. The maximum absolute atomic E-state index is 5.73. The SMILES string of the molecule is CCc1nc(Br)c(N)nc1Cl. The van der Waals surface area contributed by atoms with E-state index in [1.807, 2.05) is 6.92 Å². The Hall–Kier alpha value is -0.350. The molecule has 1 rings (SSSR count). The zero-order valence-corrected chi connectivity index (χ0v) is 8.28. The van der Waals surface area contributed by atoms with Gasteiger partial charge in [-0.3, -0.25) is 0 Å². The molecule has 1 heterocycles. The largest absolute Gasteiger partial charge is 0.381 e. The van der Waals surface area contributed by atoms with Crippen LogP contribution in [0.25, 0.3) is 0 Å². The molecule has 1 aromatic rings. The minimum absolute atomic E-state index is 0.326. The Balaban J connectivity index is 3.21. The van der Waals surface area contributed by atoms with Gasteiger partial charge in [-0.05, 0) is 22.4 Å². The predicted molar refractivity (Wildman–Crippen MR) is 48.5 cm³/mol. The van der Waals surface area contributed by atoms with Crippen LogP contribution < -0.4 is 5.73 Å². The van der Waals surface area contributed by atoms with Crippen LogP contribution in [0.3, 0.4) is 0 Å². The first-order chi connectivity index (χ1) is 5.15. The normalized spacial score (nSPS) is 10.1. The van der Waals surface area contributed by atoms with Crippen LogP contribution in [-0.4, -0.2) is 9.97 Å². The van der Waals surface area contributed by atoms with E-state index in [0.717, 1.165) is 12.1 Å². The van der Waals surface area contributed by atoms with E-state index in [4.69, 9.17) is 17.3 Å². The fraction of sp³-hybridized carbons (Fsp3) is 0.333. The minimum Gasteiger partial charge on any atom is -0.381 e. The van der Waals surface area contributed by atoms with Gasteiger partial charge in [0, 0.05) is 0 Å². The van der Waals surface area contributed by atoms with Crippen molar-refractivity contribution in [2.45, 2.75) is 13.3 Å². The number of hydrogen-bond donors (Lipinski definition) is 1. The number of nitrogens with two attached hydrogens (primary N) is 1. The highest BCUT2D eigenvalue weighted by molar-refractivity contribution is 9.10. The number of aryl methyl sites for hydroxylation is 1. The van der Waals surface area contributed by atoms with E-state index in [9.17, 15) is 0 Å². The van der Waals surface area contributed by atoms with Crippen LogP contribution in [0.5, 0.6) is 0 Å². The summed E-state index contributed by atoms with van der Waals surface area (Å²) >= 11 is 8.89. The Morgan fingerprint density at radius 1 is 1.55 bits per heavy atom. The fourth-order valence-electron chi connectivity index (χ4n) is 0.663. The number of rotatable bonds is 1. The number of aromatic nitrogens is 2. The third-order valence-electron chi connectivity index (χ3n) is 1.24. The van der Waals surface area contributed by atoms with Crippen LogP contribution in [-0.2, 0) is 6.42 Å². The van der Waals surface area contributed by atoms with Crippen molar-refractivity contribution >= 4 is 33.3 Å². The number of halogens is 2. The molecule has 0 bridgehead atoms. The first-order valence-corrected chi connectivity index (χ1v) is 4.29. The molecule has 0 amide bonds. The zero-order valence-electron chi connectivity index (χ0n) is 5.93. The Labute approximate surface area is 78.1 Å². The van der Waals surface area contributed by atoms with E-state index in [1.165, 1.54) is 0 Å². The molecule has 5 heteroatoms. The van der Waals surface area contributed by atoms with E-state index >= 15 is 0 Å². The van der Waals surface area contributed by atoms with E-state index in [-0.39, 0.29) is 0 Å². The number of anilines is 1. The van der Waals surface area contributed by atoms with E-state index in [1.54, 1.807) is 0 Å². The molecule has 60 valence electrons. The smallest absolute Gasteiger partial charge is 0.158 e. The van der Waals surface area contributed by atoms with Gasteiger partial charge in [-0.1, -0.05) is 18.5 Å². The lowest BCUT2D eigenvalue weighted by Crippen LogP contribution is -1.99. The maximum Gasteiger partial charge on any atom is 0.158 e. The van der Waals surface area contributed by atoms with Crippen LogP contribution in [0.2, 0.25) is 5.15 Å². The van der Waals surface area contributed by atoms with Gasteiger partial charge >= 0.3 is 0 Å². The summed E-state index contributed by atoms with van der Waals surface area (Å²) in [6.45, 7) is 1.96. The molecule has 0 spiro atoms. The van der Waals surface area contributed by atoms with Crippen molar-refractivity contribution < 1.29 is 0 Å².